The second-order valence-corrected chi connectivity index (χ2v) is 9.54. The molecule has 1 aliphatic heterocycles. The molecule has 6 heteroatoms. The third-order valence-electron chi connectivity index (χ3n) is 5.05. The molecule has 0 radical (unpaired) electrons. The molecule has 0 spiro atoms. The molecule has 0 aliphatic carbocycles. The topological polar surface area (TPSA) is 28.2 Å². The van der Waals surface area contributed by atoms with E-state index in [4.69, 9.17) is 0 Å². The molecule has 0 saturated carbocycles. The van der Waals surface area contributed by atoms with Gasteiger partial charge in [-0.3, -0.25) is 9.88 Å². The van der Waals surface area contributed by atoms with Gasteiger partial charge in [0.15, 0.2) is 0 Å². The summed E-state index contributed by atoms with van der Waals surface area (Å²) in [4.78, 5) is 8.14. The number of halogens is 1. The third-order valence-corrected chi connectivity index (χ3v) is 7.24. The maximum Gasteiger partial charge on any atom is 0.125 e. The maximum atomic E-state index is 15.1. The van der Waals surface area contributed by atoms with Crippen LogP contribution < -0.4 is 5.32 Å². The molecule has 1 N–H and O–H groups in total. The van der Waals surface area contributed by atoms with E-state index < -0.39 is 5.67 Å². The Morgan fingerprint density at radius 2 is 2.12 bits per heavy atom. The molecule has 0 unspecified atom stereocenters. The lowest BCUT2D eigenvalue weighted by Crippen LogP contribution is -2.46. The molecule has 1 aliphatic rings. The minimum Gasteiger partial charge on any atom is -0.308 e. The Balaban J connectivity index is 1.24. The van der Waals surface area contributed by atoms with Crippen LogP contribution in [0, 0.1) is 6.92 Å². The number of thiophene rings is 2. The largest absolute Gasteiger partial charge is 0.308 e. The monoisotopic (exact) mass is 389 g/mol. The molecule has 4 heterocycles. The Morgan fingerprint density at radius 1 is 1.27 bits per heavy atom. The van der Waals surface area contributed by atoms with Crippen LogP contribution in [0.4, 0.5) is 4.39 Å². The number of nitrogens with one attached hydrogen (secondary N) is 1. The van der Waals surface area contributed by atoms with Crippen molar-refractivity contribution < 1.29 is 4.39 Å². The number of aryl methyl sites for hydroxylation is 1. The van der Waals surface area contributed by atoms with E-state index in [-0.39, 0.29) is 0 Å². The quantitative estimate of drug-likeness (QED) is 0.659. The summed E-state index contributed by atoms with van der Waals surface area (Å²) < 4.78 is 16.5. The third kappa shape index (κ3) is 4.31. The van der Waals surface area contributed by atoms with Crippen LogP contribution in [0.5, 0.6) is 0 Å². The van der Waals surface area contributed by atoms with Crippen molar-refractivity contribution in [1.29, 1.82) is 0 Å². The first-order valence-corrected chi connectivity index (χ1v) is 10.8. The van der Waals surface area contributed by atoms with E-state index in [2.05, 4.69) is 32.7 Å². The average Bonchev–Trinajstić information content (AvgIpc) is 3.20. The van der Waals surface area contributed by atoms with Crippen molar-refractivity contribution in [1.82, 2.24) is 15.2 Å². The predicted octanol–water partition coefficient (Wildman–Crippen LogP) is 4.76. The van der Waals surface area contributed by atoms with Crippen LogP contribution in [0.1, 0.15) is 29.0 Å². The highest BCUT2D eigenvalue weighted by Crippen LogP contribution is 2.32. The number of aromatic nitrogens is 1. The van der Waals surface area contributed by atoms with Gasteiger partial charge in [0.1, 0.15) is 5.67 Å². The summed E-state index contributed by atoms with van der Waals surface area (Å²) in [6.45, 7) is 5.66. The zero-order valence-electron chi connectivity index (χ0n) is 15.0. The molecule has 138 valence electrons. The highest BCUT2D eigenvalue weighted by molar-refractivity contribution is 7.37. The minimum absolute atomic E-state index is 0.408. The zero-order chi connectivity index (χ0) is 18.0. The van der Waals surface area contributed by atoms with Gasteiger partial charge in [-0.05, 0) is 48.9 Å². The van der Waals surface area contributed by atoms with Crippen LogP contribution in [0.3, 0.4) is 0 Å². The molecule has 26 heavy (non-hydrogen) atoms. The molecule has 3 nitrogen and oxygen atoms in total. The molecule has 3 aromatic rings. The molecule has 0 atom stereocenters. The van der Waals surface area contributed by atoms with Crippen molar-refractivity contribution in [3.05, 3.63) is 52.0 Å². The first-order valence-electron chi connectivity index (χ1n) is 9.09. The van der Waals surface area contributed by atoms with Gasteiger partial charge in [-0.25, -0.2) is 4.39 Å². The van der Waals surface area contributed by atoms with Gasteiger partial charge in [-0.2, -0.15) is 0 Å². The Morgan fingerprint density at radius 3 is 2.85 bits per heavy atom. The van der Waals surface area contributed by atoms with Crippen molar-refractivity contribution >= 4 is 32.1 Å². The van der Waals surface area contributed by atoms with Gasteiger partial charge < -0.3 is 5.32 Å². The predicted molar refractivity (Wildman–Crippen MR) is 109 cm³/mol. The van der Waals surface area contributed by atoms with E-state index in [1.54, 1.807) is 11.3 Å². The van der Waals surface area contributed by atoms with Crippen LogP contribution in [0.15, 0.2) is 35.8 Å². The van der Waals surface area contributed by atoms with Crippen molar-refractivity contribution in [2.75, 3.05) is 19.6 Å². The highest BCUT2D eigenvalue weighted by atomic mass is 32.2. The maximum absolute atomic E-state index is 15.1. The van der Waals surface area contributed by atoms with E-state index >= 15 is 4.39 Å². The summed E-state index contributed by atoms with van der Waals surface area (Å²) in [6, 6.07) is 8.51. The van der Waals surface area contributed by atoms with Crippen molar-refractivity contribution in [2.45, 2.75) is 38.5 Å². The summed E-state index contributed by atoms with van der Waals surface area (Å²) in [5.74, 6) is 0. The van der Waals surface area contributed by atoms with Crippen LogP contribution in [0.2, 0.25) is 0 Å². The summed E-state index contributed by atoms with van der Waals surface area (Å²) in [5, 5.41) is 6.75. The second-order valence-electron chi connectivity index (χ2n) is 7.23. The van der Waals surface area contributed by atoms with E-state index in [1.807, 2.05) is 36.6 Å². The molecule has 4 rings (SSSR count). The van der Waals surface area contributed by atoms with Gasteiger partial charge in [-0.15, -0.1) is 22.7 Å². The van der Waals surface area contributed by atoms with Crippen LogP contribution in [0.25, 0.3) is 9.40 Å². The molecule has 0 bridgehead atoms. The molecule has 1 fully saturated rings. The molecular formula is C20H24FN3S2. The first-order chi connectivity index (χ1) is 12.6. The number of alkyl halides is 1. The van der Waals surface area contributed by atoms with Gasteiger partial charge in [0.05, 0.1) is 9.71 Å². The lowest BCUT2D eigenvalue weighted by molar-refractivity contribution is 0.0549. The molecule has 1 saturated heterocycles. The van der Waals surface area contributed by atoms with Crippen LogP contribution >= 0.6 is 22.7 Å². The number of hydrogen-bond donors (Lipinski definition) is 1. The van der Waals surface area contributed by atoms with Gasteiger partial charge in [0.25, 0.3) is 0 Å². The first kappa shape index (κ1) is 18.0. The van der Waals surface area contributed by atoms with Gasteiger partial charge in [-0.1, -0.05) is 6.07 Å². The number of fused-ring (bicyclic) bond motifs is 1. The van der Waals surface area contributed by atoms with E-state index in [9.17, 15) is 0 Å². The number of hydrogen-bond acceptors (Lipinski definition) is 5. The lowest BCUT2D eigenvalue weighted by atomic mass is 9.93. The fourth-order valence-corrected chi connectivity index (χ4v) is 5.62. The van der Waals surface area contributed by atoms with Crippen molar-refractivity contribution in [3.8, 4) is 0 Å². The highest BCUT2D eigenvalue weighted by Gasteiger charge is 2.34. The standard InChI is InChI=1S/C20H24FN3S2/c1-15-2-3-17(23-11-15)12-22-14-20(21)5-7-24(8-6-20)13-18-10-16-4-9-25-19(16)26-18/h2-4,9-11,22H,5-8,12-14H2,1H3. The second kappa shape index (κ2) is 7.72. The van der Waals surface area contributed by atoms with Gasteiger partial charge in [0, 0.05) is 49.2 Å². The number of nitrogens with zero attached hydrogens (tertiary/aromatic N) is 2. The number of pyridine rings is 1. The zero-order valence-corrected chi connectivity index (χ0v) is 16.6. The summed E-state index contributed by atoms with van der Waals surface area (Å²) in [5.41, 5.74) is 1.01. The van der Waals surface area contributed by atoms with E-state index in [0.29, 0.717) is 25.9 Å². The minimum atomic E-state index is -1.10. The summed E-state index contributed by atoms with van der Waals surface area (Å²) >= 11 is 3.68. The van der Waals surface area contributed by atoms with E-state index in [0.717, 1.165) is 30.9 Å². The van der Waals surface area contributed by atoms with Crippen LogP contribution in [-0.2, 0) is 13.1 Å². The Labute approximate surface area is 161 Å². The Kier molecular flexibility index (Phi) is 5.36. The number of piperidine rings is 1. The van der Waals surface area contributed by atoms with E-state index in [1.165, 1.54) is 14.3 Å². The van der Waals surface area contributed by atoms with Crippen molar-refractivity contribution in [3.63, 3.8) is 0 Å². The average molecular weight is 390 g/mol. The number of rotatable bonds is 6. The van der Waals surface area contributed by atoms with Crippen molar-refractivity contribution in [2.24, 2.45) is 0 Å². The molecular weight excluding hydrogens is 365 g/mol. The number of likely N-dealkylation sites (tertiary alicyclic amines) is 1. The Bertz CT molecular complexity index is 819. The normalized spacial score (nSPS) is 17.8. The molecule has 0 aromatic carbocycles. The summed E-state index contributed by atoms with van der Waals surface area (Å²) in [6.07, 6.45) is 3.05. The molecule has 3 aromatic heterocycles. The fourth-order valence-electron chi connectivity index (χ4n) is 3.42. The van der Waals surface area contributed by atoms with Crippen LogP contribution in [-0.4, -0.2) is 35.2 Å². The SMILES string of the molecule is Cc1ccc(CNCC2(F)CCN(Cc3cc4ccsc4s3)CC2)nc1. The Hall–Kier alpha value is -1.34. The smallest absolute Gasteiger partial charge is 0.125 e. The fraction of sp³-hybridized carbons (Fsp3) is 0.450. The summed E-state index contributed by atoms with van der Waals surface area (Å²) in [7, 11) is 0. The van der Waals surface area contributed by atoms with Gasteiger partial charge >= 0.3 is 0 Å². The lowest BCUT2D eigenvalue weighted by Gasteiger charge is -2.36. The molecule has 0 amide bonds. The van der Waals surface area contributed by atoms with Gasteiger partial charge in [0.2, 0.25) is 0 Å².